The summed E-state index contributed by atoms with van der Waals surface area (Å²) in [4.78, 5) is 84.2. The number of likely N-dealkylation sites (tertiary alicyclic amines) is 2. The molecular weight excluding hydrogens is 1180 g/mol. The van der Waals surface area contributed by atoms with Gasteiger partial charge in [-0.25, -0.2) is 43.8 Å². The number of aryl methyl sites for hydroxylation is 2. The fourth-order valence-electron chi connectivity index (χ4n) is 7.13. The van der Waals surface area contributed by atoms with Gasteiger partial charge in [-0.3, -0.25) is 28.3 Å². The molecule has 2 unspecified atom stereocenters. The third-order valence-electron chi connectivity index (χ3n) is 12.7. The molecule has 6 heterocycles. The van der Waals surface area contributed by atoms with Gasteiger partial charge in [-0.05, 0) is 120 Å². The number of carbonyl (C=O) groups is 6. The summed E-state index contributed by atoms with van der Waals surface area (Å²) >= 11 is 5.45. The second-order valence-corrected chi connectivity index (χ2v) is 30.2. The van der Waals surface area contributed by atoms with E-state index in [9.17, 15) is 33.0 Å². The van der Waals surface area contributed by atoms with Crippen molar-refractivity contribution < 1.29 is 62.2 Å². The average molecular weight is 1260 g/mol. The molecule has 6 N–H and O–H groups in total. The van der Waals surface area contributed by atoms with Crippen molar-refractivity contribution in [1.29, 1.82) is 1.12 Å². The van der Waals surface area contributed by atoms with Crippen LogP contribution in [0.3, 0.4) is 0 Å². The Bertz CT molecular complexity index is 2760. The van der Waals surface area contributed by atoms with E-state index in [1.165, 1.54) is 41.1 Å². The summed E-state index contributed by atoms with van der Waals surface area (Å²) in [7, 11) is 7.55. The molecule has 3 saturated heterocycles. The van der Waals surface area contributed by atoms with E-state index in [1.54, 1.807) is 29.5 Å². The number of aromatic nitrogens is 8. The minimum absolute atomic E-state index is 0.0136. The Morgan fingerprint density at radius 1 is 0.795 bits per heavy atom. The number of hydrogen-bond donors (Lipinski definition) is 6. The summed E-state index contributed by atoms with van der Waals surface area (Å²) in [6.45, 7) is 16.8. The zero-order valence-corrected chi connectivity index (χ0v) is 52.2. The van der Waals surface area contributed by atoms with Crippen LogP contribution in [0.4, 0.5) is 9.59 Å². The van der Waals surface area contributed by atoms with E-state index in [1.807, 2.05) is 74.6 Å². The molecule has 83 heavy (non-hydrogen) atoms. The monoisotopic (exact) mass is 1260 g/mol. The molecule has 3 aliphatic heterocycles. The van der Waals surface area contributed by atoms with Crippen molar-refractivity contribution in [3.8, 4) is 0 Å². The van der Waals surface area contributed by atoms with Crippen LogP contribution < -0.4 is 11.1 Å². The van der Waals surface area contributed by atoms with E-state index < -0.39 is 64.0 Å². The van der Waals surface area contributed by atoms with E-state index in [2.05, 4.69) is 69.3 Å². The molecule has 0 radical (unpaired) electrons. The van der Waals surface area contributed by atoms with Crippen molar-refractivity contribution in [3.05, 3.63) is 121 Å². The zero-order chi connectivity index (χ0) is 63.3. The van der Waals surface area contributed by atoms with Gasteiger partial charge in [0.25, 0.3) is 0 Å². The topological polar surface area (TPSA) is 340 Å². The number of aromatic carboxylic acids is 1. The molecule has 2 amide bonds. The number of carboxylic acids is 3. The minimum atomic E-state index is -3.92. The van der Waals surface area contributed by atoms with Gasteiger partial charge < -0.3 is 40.3 Å². The van der Waals surface area contributed by atoms with Gasteiger partial charge in [0.1, 0.15) is 57.3 Å². The number of ether oxygens (including phenoxy) is 2. The van der Waals surface area contributed by atoms with Crippen LogP contribution in [-0.4, -0.2) is 163 Å². The van der Waals surface area contributed by atoms with E-state index in [-0.39, 0.29) is 48.0 Å². The summed E-state index contributed by atoms with van der Waals surface area (Å²) in [6.07, 6.45) is 11.0. The number of hydrogen-bond acceptors (Lipinski definition) is 18. The Hall–Kier alpha value is -6.46. The summed E-state index contributed by atoms with van der Waals surface area (Å²) in [5, 5.41) is 35.5. The van der Waals surface area contributed by atoms with Crippen LogP contribution in [0, 0.1) is 0 Å². The van der Waals surface area contributed by atoms with Gasteiger partial charge in [-0.1, -0.05) is 88.4 Å². The number of benzene rings is 2. The maximum absolute atomic E-state index is 11.8. The van der Waals surface area contributed by atoms with Gasteiger partial charge in [-0.15, -0.1) is 0 Å². The lowest BCUT2D eigenvalue weighted by Crippen LogP contribution is -2.46. The smallest absolute Gasteiger partial charge is 0.410 e. The van der Waals surface area contributed by atoms with Gasteiger partial charge in [0.2, 0.25) is 11.1 Å². The lowest BCUT2D eigenvalue weighted by atomic mass is 10.2. The van der Waals surface area contributed by atoms with Crippen LogP contribution in [0.5, 0.6) is 0 Å². The normalized spacial score (nSPS) is 17.6. The van der Waals surface area contributed by atoms with E-state index >= 15 is 0 Å². The van der Waals surface area contributed by atoms with Crippen molar-refractivity contribution >= 4 is 84.9 Å². The predicted octanol–water partition coefficient (Wildman–Crippen LogP) is 7.79. The summed E-state index contributed by atoms with van der Waals surface area (Å²) in [5.74, 6) is -2.17. The van der Waals surface area contributed by atoms with Crippen LogP contribution >= 0.6 is 33.0 Å². The first kappa shape index (κ1) is 70.8. The number of nitrogens with two attached hydrogens (primary N) is 1. The lowest BCUT2D eigenvalue weighted by Gasteiger charge is -2.39. The van der Waals surface area contributed by atoms with Crippen LogP contribution in [-0.2, 0) is 63.9 Å². The number of aliphatic carboxylic acids is 2. The Morgan fingerprint density at radius 2 is 1.30 bits per heavy atom. The first-order valence-electron chi connectivity index (χ1n) is 26.7. The van der Waals surface area contributed by atoms with Gasteiger partial charge in [0, 0.05) is 53.6 Å². The molecule has 3 fully saturated rings. The lowest BCUT2D eigenvalue weighted by molar-refractivity contribution is -0.142. The Balaban J connectivity index is 0.000000348. The first-order valence-corrected chi connectivity index (χ1v) is 33.0. The van der Waals surface area contributed by atoms with Gasteiger partial charge >= 0.3 is 30.1 Å². The highest BCUT2D eigenvalue weighted by Crippen LogP contribution is 2.38. The number of thiol groups is 1. The van der Waals surface area contributed by atoms with E-state index in [0.29, 0.717) is 38.2 Å². The molecule has 0 bridgehead atoms. The average Bonchev–Trinajstić information content (AvgIpc) is 4.41. The third kappa shape index (κ3) is 28.1. The predicted molar refractivity (Wildman–Crippen MR) is 317 cm³/mol. The molecule has 8 rings (SSSR count). The van der Waals surface area contributed by atoms with E-state index in [0.717, 1.165) is 36.9 Å². The second kappa shape index (κ2) is 37.0. The molecule has 30 heteroatoms. The molecule has 3 aromatic heterocycles. The Labute approximate surface area is 501 Å². The molecule has 0 spiro atoms. The standard InChI is InChI=1S/C13H14ClNO3.C13H25N3OSi.C13H15NO4.C5H9NO2.C4H5N3O2.C3H5N3.C2H6Cl2OS/c14-12(16)11-7-4-8-15(11)13(17)18-9-10-5-2-1-3-6-10;1-10(17-18(5,6)13(2,3)4)11(14)12-15-8-7-9-16-12;15-12(16)11-7-4-8-14(11)13(17)18-9-10-5-2-1-3-6-10;7-5(8)4-2-1-3-6-4;1-7-3(4(8)9)5-2-6-7;1-6-3-4-2-5-6;1-2-6(3,4)5/h1-3,5-6,11H,4,7-9H2;7-11H,14H2,1-6H3;1-3,5-6,11H,4,7-9H2,(H,15,16);4,6H,1-3H2,(H,7,8);2H,1H3,(H,8,9);2-3H,1H3;6H,2H2,1H3/t11-;;11-;4-;;;/m0.00.../s1/i;;;;;;6D. The van der Waals surface area contributed by atoms with E-state index in [4.69, 9.17) is 69.0 Å². The SMILES string of the molecule is CC(O[Si](C)(C)C(C)(C)C)C(N)c1ncccn1.Cn1cncn1.Cn1ncnc1C(=O)O.O=C(Cl)[C@@H]1CCCN1C(=O)OCc1ccccc1.O=C(O)[C@@H]1CCCN1.O=C(O)[C@@H]1CCCN1C(=O)OCc1ccccc1.[2H]S(=O)(Cl)(Cl)CC. The maximum Gasteiger partial charge on any atom is 0.410 e. The number of carboxylic acid groups (broad SMARTS) is 3. The van der Waals surface area contributed by atoms with Crippen LogP contribution in [0.1, 0.15) is 107 Å². The number of rotatable bonds is 13. The van der Waals surface area contributed by atoms with Crippen LogP contribution in [0.15, 0.2) is 98.1 Å². The van der Waals surface area contributed by atoms with Crippen molar-refractivity contribution in [1.82, 2.24) is 54.6 Å². The number of carbonyl (C=O) groups excluding carboxylic acids is 3. The molecule has 25 nitrogen and oxygen atoms in total. The Kier molecular flexibility index (Phi) is 31.5. The van der Waals surface area contributed by atoms with Crippen molar-refractivity contribution in [2.45, 2.75) is 135 Å². The number of nitrogens with one attached hydrogen (secondary N) is 1. The van der Waals surface area contributed by atoms with Crippen molar-refractivity contribution in [2.75, 3.05) is 25.4 Å². The summed E-state index contributed by atoms with van der Waals surface area (Å²) in [6, 6.07) is 18.7. The number of nitrogens with zero attached hydrogens (tertiary/aromatic N) is 10. The second-order valence-electron chi connectivity index (χ2n) is 20.0. The summed E-state index contributed by atoms with van der Waals surface area (Å²) in [5.41, 5.74) is 7.96. The third-order valence-corrected chi connectivity index (χ3v) is 19.5. The van der Waals surface area contributed by atoms with Gasteiger partial charge in [0.05, 0.1) is 12.1 Å². The molecule has 460 valence electrons. The van der Waals surface area contributed by atoms with Gasteiger partial charge in [0.15, 0.2) is 8.32 Å². The highest BCUT2D eigenvalue weighted by molar-refractivity contribution is 8.40. The highest BCUT2D eigenvalue weighted by atomic mass is 36.0. The molecule has 0 aliphatic carbocycles. The first-order chi connectivity index (χ1) is 39.2. The molecule has 0 saturated carbocycles. The Morgan fingerprint density at radius 3 is 1.64 bits per heavy atom. The number of amides is 2. The zero-order valence-electron chi connectivity index (χ0n) is 49.1. The maximum atomic E-state index is 11.8. The van der Waals surface area contributed by atoms with Crippen molar-refractivity contribution in [3.63, 3.8) is 0 Å². The minimum Gasteiger partial charge on any atom is -0.480 e. The fraction of sp³-hybridized carbons (Fsp3) is 0.509. The number of halogens is 3. The largest absolute Gasteiger partial charge is 0.480 e. The molecule has 2 aromatic carbocycles. The molecular formula is C53H79Cl3N12O13SSi. The van der Waals surface area contributed by atoms with Crippen molar-refractivity contribution in [2.24, 2.45) is 19.8 Å². The highest BCUT2D eigenvalue weighted by Gasteiger charge is 2.40. The quantitative estimate of drug-likeness (QED) is 0.0372. The fourth-order valence-corrected chi connectivity index (χ4v) is 8.78. The molecule has 5 atom stereocenters. The van der Waals surface area contributed by atoms with Gasteiger partial charge in [-0.2, -0.15) is 10.2 Å². The summed E-state index contributed by atoms with van der Waals surface area (Å²) < 4.78 is 36.3. The van der Waals surface area contributed by atoms with Crippen LogP contribution in [0.25, 0.3) is 0 Å². The molecule has 5 aromatic rings. The molecule has 3 aliphatic rings. The van der Waals surface area contributed by atoms with Crippen LogP contribution in [0.2, 0.25) is 18.1 Å².